The third-order valence-corrected chi connectivity index (χ3v) is 5.88. The number of carbonyl (C=O) groups excluding carboxylic acids is 2. The molecule has 4 rings (SSSR count). The fourth-order valence-electron chi connectivity index (χ4n) is 4.35. The lowest BCUT2D eigenvalue weighted by Crippen LogP contribution is -2.32. The molecule has 0 aliphatic carbocycles. The van der Waals surface area contributed by atoms with E-state index >= 15 is 0 Å². The van der Waals surface area contributed by atoms with Gasteiger partial charge in [-0.1, -0.05) is 18.2 Å². The lowest BCUT2D eigenvalue weighted by Gasteiger charge is -2.26. The number of aryl methyl sites for hydroxylation is 1. The number of methoxy groups -OCH3 is 1. The third-order valence-electron chi connectivity index (χ3n) is 5.88. The maximum absolute atomic E-state index is 13.3. The van der Waals surface area contributed by atoms with Crippen molar-refractivity contribution in [1.82, 2.24) is 19.2 Å². The maximum Gasteiger partial charge on any atom is 0.295 e. The Hall–Kier alpha value is -3.65. The van der Waals surface area contributed by atoms with Gasteiger partial charge in [-0.2, -0.15) is 0 Å². The molecular formula is C25H28N4O4. The van der Waals surface area contributed by atoms with Crippen LogP contribution in [0.5, 0.6) is 5.75 Å². The van der Waals surface area contributed by atoms with Gasteiger partial charge in [-0.25, -0.2) is 4.98 Å². The van der Waals surface area contributed by atoms with Gasteiger partial charge in [0.05, 0.1) is 24.4 Å². The van der Waals surface area contributed by atoms with E-state index in [1.165, 1.54) is 0 Å². The Morgan fingerprint density at radius 2 is 1.97 bits per heavy atom. The molecule has 8 heteroatoms. The maximum atomic E-state index is 13.3. The van der Waals surface area contributed by atoms with Crippen LogP contribution in [0.2, 0.25) is 0 Å². The SMILES string of the molecule is COc1cccc([C@@H]2C(=C(O)c3c(C)nc4ccccn34)C(=O)C(=O)N2CCCN(C)C)c1. The number of aliphatic hydroxyl groups excluding tert-OH is 1. The number of ketones is 1. The van der Waals surface area contributed by atoms with Crippen LogP contribution in [0.3, 0.4) is 0 Å². The Balaban J connectivity index is 1.89. The predicted octanol–water partition coefficient (Wildman–Crippen LogP) is 3.02. The lowest BCUT2D eigenvalue weighted by molar-refractivity contribution is -0.139. The summed E-state index contributed by atoms with van der Waals surface area (Å²) in [6.45, 7) is 2.92. The van der Waals surface area contributed by atoms with Crippen molar-refractivity contribution in [2.75, 3.05) is 34.3 Å². The lowest BCUT2D eigenvalue weighted by atomic mass is 9.96. The van der Waals surface area contributed by atoms with Gasteiger partial charge in [0.25, 0.3) is 11.7 Å². The van der Waals surface area contributed by atoms with Crippen LogP contribution in [0, 0.1) is 6.92 Å². The van der Waals surface area contributed by atoms with Gasteiger partial charge in [-0.3, -0.25) is 14.0 Å². The Morgan fingerprint density at radius 3 is 2.70 bits per heavy atom. The summed E-state index contributed by atoms with van der Waals surface area (Å²) in [6.07, 6.45) is 2.47. The molecule has 1 atom stereocenters. The average Bonchev–Trinajstić information content (AvgIpc) is 3.26. The van der Waals surface area contributed by atoms with Crippen LogP contribution in [-0.4, -0.2) is 70.3 Å². The second-order valence-corrected chi connectivity index (χ2v) is 8.40. The minimum absolute atomic E-state index is 0.0619. The molecule has 0 bridgehead atoms. The van der Waals surface area contributed by atoms with Crippen molar-refractivity contribution in [3.05, 3.63) is 71.2 Å². The summed E-state index contributed by atoms with van der Waals surface area (Å²) in [7, 11) is 5.48. The fourth-order valence-corrected chi connectivity index (χ4v) is 4.35. The summed E-state index contributed by atoms with van der Waals surface area (Å²) in [4.78, 5) is 34.4. The molecule has 2 aromatic heterocycles. The van der Waals surface area contributed by atoms with Crippen molar-refractivity contribution in [3.63, 3.8) is 0 Å². The van der Waals surface area contributed by atoms with Crippen molar-refractivity contribution in [3.8, 4) is 5.75 Å². The summed E-state index contributed by atoms with van der Waals surface area (Å²) in [5.41, 5.74) is 2.39. The van der Waals surface area contributed by atoms with Crippen LogP contribution in [0.4, 0.5) is 0 Å². The number of nitrogens with zero attached hydrogens (tertiary/aromatic N) is 4. The van der Waals surface area contributed by atoms with Crippen molar-refractivity contribution >= 4 is 23.1 Å². The number of hydrogen-bond donors (Lipinski definition) is 1. The summed E-state index contributed by atoms with van der Waals surface area (Å²) >= 11 is 0. The molecule has 1 amide bonds. The van der Waals surface area contributed by atoms with E-state index < -0.39 is 17.7 Å². The molecule has 1 N–H and O–H groups in total. The first-order valence-corrected chi connectivity index (χ1v) is 10.8. The number of Topliss-reactive ketones (excluding diaryl/α,β-unsaturated/α-hetero) is 1. The van der Waals surface area contributed by atoms with E-state index in [-0.39, 0.29) is 11.3 Å². The number of fused-ring (bicyclic) bond motifs is 1. The first-order valence-electron chi connectivity index (χ1n) is 10.8. The molecule has 1 fully saturated rings. The molecule has 3 heterocycles. The zero-order valence-electron chi connectivity index (χ0n) is 19.3. The van der Waals surface area contributed by atoms with E-state index in [2.05, 4.69) is 4.98 Å². The zero-order chi connectivity index (χ0) is 23.7. The van der Waals surface area contributed by atoms with E-state index in [4.69, 9.17) is 4.74 Å². The van der Waals surface area contributed by atoms with Crippen LogP contribution in [0.15, 0.2) is 54.2 Å². The number of hydrogen-bond acceptors (Lipinski definition) is 6. The summed E-state index contributed by atoms with van der Waals surface area (Å²) in [5, 5.41) is 11.4. The second kappa shape index (κ2) is 9.07. The number of rotatable bonds is 7. The van der Waals surface area contributed by atoms with Crippen molar-refractivity contribution in [2.24, 2.45) is 0 Å². The summed E-state index contributed by atoms with van der Waals surface area (Å²) in [6, 6.07) is 12.0. The first kappa shape index (κ1) is 22.5. The molecule has 1 aliphatic heterocycles. The summed E-state index contributed by atoms with van der Waals surface area (Å²) in [5.74, 6) is -0.935. The Bertz CT molecular complexity index is 1240. The van der Waals surface area contributed by atoms with Crippen LogP contribution in [-0.2, 0) is 9.59 Å². The van der Waals surface area contributed by atoms with Crippen LogP contribution in [0.1, 0.15) is 29.4 Å². The average molecular weight is 449 g/mol. The van der Waals surface area contributed by atoms with Gasteiger partial charge in [-0.15, -0.1) is 0 Å². The molecule has 1 aliphatic rings. The molecule has 8 nitrogen and oxygen atoms in total. The molecule has 3 aromatic rings. The topological polar surface area (TPSA) is 87.4 Å². The zero-order valence-corrected chi connectivity index (χ0v) is 19.3. The quantitative estimate of drug-likeness (QED) is 0.340. The minimum atomic E-state index is -0.726. The number of carbonyl (C=O) groups is 2. The molecule has 0 unspecified atom stereocenters. The number of amides is 1. The van der Waals surface area contributed by atoms with E-state index in [9.17, 15) is 14.7 Å². The van der Waals surface area contributed by atoms with Gasteiger partial charge in [0.15, 0.2) is 5.76 Å². The molecule has 1 saturated heterocycles. The number of likely N-dealkylation sites (tertiary alicyclic amines) is 1. The smallest absolute Gasteiger partial charge is 0.295 e. The number of pyridine rings is 1. The van der Waals surface area contributed by atoms with Crippen molar-refractivity contribution in [1.29, 1.82) is 0 Å². The highest BCUT2D eigenvalue weighted by Gasteiger charge is 2.46. The van der Waals surface area contributed by atoms with E-state index in [1.54, 1.807) is 41.7 Å². The van der Waals surface area contributed by atoms with E-state index in [1.807, 2.05) is 49.3 Å². The fraction of sp³-hybridized carbons (Fsp3) is 0.320. The van der Waals surface area contributed by atoms with Gasteiger partial charge >= 0.3 is 0 Å². The second-order valence-electron chi connectivity index (χ2n) is 8.40. The largest absolute Gasteiger partial charge is 0.505 e. The number of benzene rings is 1. The number of aromatic nitrogens is 2. The number of ether oxygens (including phenoxy) is 1. The molecule has 172 valence electrons. The Labute approximate surface area is 192 Å². The standard InChI is InChI=1S/C25H28N4O4/c1-16-21(28-13-6-5-11-19(28)26-16)23(30)20-22(17-9-7-10-18(15-17)33-4)29(25(32)24(20)31)14-8-12-27(2)3/h5-7,9-11,13,15,22,30H,8,12,14H2,1-4H3/t22-/m1/s1. The predicted molar refractivity (Wildman–Crippen MR) is 125 cm³/mol. The monoisotopic (exact) mass is 448 g/mol. The number of imidazole rings is 1. The van der Waals surface area contributed by atoms with E-state index in [0.717, 1.165) is 6.54 Å². The van der Waals surface area contributed by atoms with Crippen LogP contribution < -0.4 is 4.74 Å². The molecule has 0 spiro atoms. The van der Waals surface area contributed by atoms with Crippen LogP contribution in [0.25, 0.3) is 11.4 Å². The first-order chi connectivity index (χ1) is 15.8. The molecule has 33 heavy (non-hydrogen) atoms. The third kappa shape index (κ3) is 4.09. The van der Waals surface area contributed by atoms with Gasteiger partial charge in [0.2, 0.25) is 0 Å². The molecule has 0 radical (unpaired) electrons. The number of aliphatic hydroxyl groups is 1. The Kier molecular flexibility index (Phi) is 6.20. The highest BCUT2D eigenvalue weighted by atomic mass is 16.5. The normalized spacial score (nSPS) is 18.0. The highest BCUT2D eigenvalue weighted by Crippen LogP contribution is 2.40. The van der Waals surface area contributed by atoms with Gasteiger partial charge in [0.1, 0.15) is 17.1 Å². The molecule has 0 saturated carbocycles. The van der Waals surface area contributed by atoms with E-state index in [0.29, 0.717) is 41.3 Å². The molecular weight excluding hydrogens is 420 g/mol. The van der Waals surface area contributed by atoms with Gasteiger partial charge in [0, 0.05) is 12.7 Å². The highest BCUT2D eigenvalue weighted by molar-refractivity contribution is 6.46. The van der Waals surface area contributed by atoms with Crippen molar-refractivity contribution in [2.45, 2.75) is 19.4 Å². The Morgan fingerprint density at radius 1 is 1.18 bits per heavy atom. The van der Waals surface area contributed by atoms with Crippen molar-refractivity contribution < 1.29 is 19.4 Å². The van der Waals surface area contributed by atoms with Gasteiger partial charge < -0.3 is 19.6 Å². The van der Waals surface area contributed by atoms with Gasteiger partial charge in [-0.05, 0) is 63.8 Å². The molecule has 1 aromatic carbocycles. The minimum Gasteiger partial charge on any atom is -0.505 e. The summed E-state index contributed by atoms with van der Waals surface area (Å²) < 4.78 is 7.10. The van der Waals surface area contributed by atoms with Crippen LogP contribution >= 0.6 is 0 Å².